The van der Waals surface area contributed by atoms with Gasteiger partial charge in [0.2, 0.25) is 0 Å². The molecule has 3 heterocycles. The molecule has 1 aliphatic heterocycles. The quantitative estimate of drug-likeness (QED) is 0.825. The highest BCUT2D eigenvalue weighted by Gasteiger charge is 2.20. The van der Waals surface area contributed by atoms with Crippen molar-refractivity contribution in [3.63, 3.8) is 0 Å². The lowest BCUT2D eigenvalue weighted by Gasteiger charge is -2.19. The number of halogens is 1. The Hall–Kier alpha value is -1.49. The number of ether oxygens (including phenoxy) is 1. The molecule has 1 aliphatic rings. The molecule has 0 radical (unpaired) electrons. The van der Waals surface area contributed by atoms with Gasteiger partial charge < -0.3 is 9.72 Å². The fraction of sp³-hybridized carbons (Fsp3) is 0.500. The Kier molecular flexibility index (Phi) is 2.55. The number of aryl methyl sites for hydroxylation is 1. The minimum Gasteiger partial charge on any atom is -0.381 e. The maximum Gasteiger partial charge on any atom is 0.178 e. The van der Waals surface area contributed by atoms with Gasteiger partial charge in [-0.3, -0.25) is 0 Å². The van der Waals surface area contributed by atoms with Crippen molar-refractivity contribution in [3.8, 4) is 0 Å². The molecule has 0 unspecified atom stereocenters. The van der Waals surface area contributed by atoms with E-state index < -0.39 is 0 Å². The minimum absolute atomic E-state index is 0.292. The summed E-state index contributed by atoms with van der Waals surface area (Å²) in [7, 11) is 0. The molecule has 0 aliphatic carbocycles. The summed E-state index contributed by atoms with van der Waals surface area (Å²) in [6, 6.07) is 0. The predicted octanol–water partition coefficient (Wildman–Crippen LogP) is 2.30. The zero-order chi connectivity index (χ0) is 11.8. The van der Waals surface area contributed by atoms with E-state index in [2.05, 4.69) is 15.0 Å². The molecule has 0 aromatic carbocycles. The van der Waals surface area contributed by atoms with Crippen molar-refractivity contribution in [3.05, 3.63) is 23.4 Å². The largest absolute Gasteiger partial charge is 0.381 e. The third kappa shape index (κ3) is 1.80. The topological polar surface area (TPSA) is 50.8 Å². The summed E-state index contributed by atoms with van der Waals surface area (Å²) in [5.41, 5.74) is 1.90. The highest BCUT2D eigenvalue weighted by molar-refractivity contribution is 5.74. The molecule has 90 valence electrons. The van der Waals surface area contributed by atoms with Crippen LogP contribution in [0.5, 0.6) is 0 Å². The van der Waals surface area contributed by atoms with Crippen LogP contribution < -0.4 is 0 Å². The number of aromatic amines is 1. The number of hydrogen-bond acceptors (Lipinski definition) is 3. The summed E-state index contributed by atoms with van der Waals surface area (Å²) >= 11 is 0. The molecule has 0 bridgehead atoms. The Morgan fingerprint density at radius 2 is 2.18 bits per heavy atom. The molecular formula is C12H14FN3O. The van der Waals surface area contributed by atoms with Gasteiger partial charge >= 0.3 is 0 Å². The van der Waals surface area contributed by atoms with E-state index in [9.17, 15) is 4.39 Å². The van der Waals surface area contributed by atoms with Gasteiger partial charge in [-0.05, 0) is 19.8 Å². The van der Waals surface area contributed by atoms with Crippen LogP contribution in [0.25, 0.3) is 11.2 Å². The second-order valence-corrected chi connectivity index (χ2v) is 4.44. The van der Waals surface area contributed by atoms with Gasteiger partial charge in [-0.1, -0.05) is 0 Å². The van der Waals surface area contributed by atoms with Gasteiger partial charge in [0, 0.05) is 24.7 Å². The Morgan fingerprint density at radius 1 is 1.41 bits per heavy atom. The summed E-state index contributed by atoms with van der Waals surface area (Å²) in [4.78, 5) is 11.7. The van der Waals surface area contributed by atoms with E-state index in [1.165, 1.54) is 6.20 Å². The minimum atomic E-state index is -0.292. The molecule has 2 aromatic rings. The van der Waals surface area contributed by atoms with Gasteiger partial charge in [-0.2, -0.15) is 0 Å². The number of hydrogen-bond donors (Lipinski definition) is 1. The van der Waals surface area contributed by atoms with Crippen molar-refractivity contribution < 1.29 is 9.13 Å². The van der Waals surface area contributed by atoms with E-state index in [1.54, 1.807) is 6.92 Å². The van der Waals surface area contributed by atoms with Crippen molar-refractivity contribution >= 4 is 11.2 Å². The van der Waals surface area contributed by atoms with Crippen LogP contribution in [0.3, 0.4) is 0 Å². The number of pyridine rings is 1. The first-order valence-electron chi connectivity index (χ1n) is 5.84. The second kappa shape index (κ2) is 4.07. The molecule has 17 heavy (non-hydrogen) atoms. The summed E-state index contributed by atoms with van der Waals surface area (Å²) in [6.45, 7) is 3.27. The lowest BCUT2D eigenvalue weighted by molar-refractivity contribution is 0.0838. The van der Waals surface area contributed by atoms with Gasteiger partial charge in [0.05, 0.1) is 11.7 Å². The van der Waals surface area contributed by atoms with Crippen LogP contribution in [0.4, 0.5) is 4.39 Å². The standard InChI is InChI=1S/C12H14FN3O/c1-7-9(13)6-14-12-10(7)15-11(16-12)8-2-4-17-5-3-8/h6,8H,2-5H2,1H3,(H,14,15,16). The Bertz CT molecular complexity index is 546. The summed E-state index contributed by atoms with van der Waals surface area (Å²) in [5.74, 6) is 0.990. The number of nitrogens with zero attached hydrogens (tertiary/aromatic N) is 2. The number of rotatable bonds is 1. The zero-order valence-electron chi connectivity index (χ0n) is 9.66. The number of nitrogens with one attached hydrogen (secondary N) is 1. The highest BCUT2D eigenvalue weighted by atomic mass is 19.1. The van der Waals surface area contributed by atoms with Crippen LogP contribution in [0.15, 0.2) is 6.20 Å². The third-order valence-electron chi connectivity index (χ3n) is 3.34. The fourth-order valence-corrected chi connectivity index (χ4v) is 2.24. The van der Waals surface area contributed by atoms with Crippen LogP contribution in [-0.2, 0) is 4.74 Å². The van der Waals surface area contributed by atoms with Crippen molar-refractivity contribution in [1.29, 1.82) is 0 Å². The number of imidazole rings is 1. The molecule has 5 heteroatoms. The molecule has 1 N–H and O–H groups in total. The molecule has 0 spiro atoms. The number of H-pyrrole nitrogens is 1. The molecule has 0 atom stereocenters. The molecular weight excluding hydrogens is 221 g/mol. The van der Waals surface area contributed by atoms with Gasteiger partial charge in [0.15, 0.2) is 5.65 Å². The molecule has 0 saturated carbocycles. The van der Waals surface area contributed by atoms with Crippen molar-refractivity contribution in [2.24, 2.45) is 0 Å². The van der Waals surface area contributed by atoms with E-state index in [0.717, 1.165) is 31.9 Å². The first-order valence-corrected chi connectivity index (χ1v) is 5.84. The Balaban J connectivity index is 2.04. The molecule has 4 nitrogen and oxygen atoms in total. The maximum absolute atomic E-state index is 13.4. The first-order chi connectivity index (χ1) is 8.25. The van der Waals surface area contributed by atoms with Gasteiger partial charge in [-0.25, -0.2) is 14.4 Å². The van der Waals surface area contributed by atoms with Gasteiger partial charge in [0.1, 0.15) is 11.6 Å². The molecule has 3 rings (SSSR count). The van der Waals surface area contributed by atoms with E-state index >= 15 is 0 Å². The lowest BCUT2D eigenvalue weighted by atomic mass is 10.00. The highest BCUT2D eigenvalue weighted by Crippen LogP contribution is 2.27. The maximum atomic E-state index is 13.4. The molecule has 1 fully saturated rings. The molecule has 0 amide bonds. The van der Waals surface area contributed by atoms with E-state index in [1.807, 2.05) is 0 Å². The average molecular weight is 235 g/mol. The number of fused-ring (bicyclic) bond motifs is 1. The van der Waals surface area contributed by atoms with E-state index in [4.69, 9.17) is 4.74 Å². The Morgan fingerprint density at radius 3 is 2.94 bits per heavy atom. The normalized spacial score (nSPS) is 17.8. The van der Waals surface area contributed by atoms with Gasteiger partial charge in [0.25, 0.3) is 0 Å². The average Bonchev–Trinajstić information content (AvgIpc) is 2.80. The first kappa shape index (κ1) is 10.7. The van der Waals surface area contributed by atoms with Crippen molar-refractivity contribution in [2.75, 3.05) is 13.2 Å². The monoisotopic (exact) mass is 235 g/mol. The third-order valence-corrected chi connectivity index (χ3v) is 3.34. The van der Waals surface area contributed by atoms with Crippen molar-refractivity contribution in [1.82, 2.24) is 15.0 Å². The summed E-state index contributed by atoms with van der Waals surface area (Å²) in [5, 5.41) is 0. The summed E-state index contributed by atoms with van der Waals surface area (Å²) < 4.78 is 18.7. The van der Waals surface area contributed by atoms with Crippen LogP contribution in [0.1, 0.15) is 30.1 Å². The van der Waals surface area contributed by atoms with E-state index in [0.29, 0.717) is 22.6 Å². The molecule has 2 aromatic heterocycles. The predicted molar refractivity (Wildman–Crippen MR) is 61.4 cm³/mol. The van der Waals surface area contributed by atoms with Crippen LogP contribution in [0, 0.1) is 12.7 Å². The second-order valence-electron chi connectivity index (χ2n) is 4.44. The lowest BCUT2D eigenvalue weighted by Crippen LogP contribution is -2.15. The fourth-order valence-electron chi connectivity index (χ4n) is 2.24. The SMILES string of the molecule is Cc1c(F)cnc2nc(C3CCOCC3)[nH]c12. The zero-order valence-corrected chi connectivity index (χ0v) is 9.66. The number of aromatic nitrogens is 3. The van der Waals surface area contributed by atoms with Crippen molar-refractivity contribution in [2.45, 2.75) is 25.7 Å². The summed E-state index contributed by atoms with van der Waals surface area (Å²) in [6.07, 6.45) is 3.15. The van der Waals surface area contributed by atoms with Gasteiger partial charge in [-0.15, -0.1) is 0 Å². The van der Waals surface area contributed by atoms with Crippen LogP contribution in [-0.4, -0.2) is 28.2 Å². The Labute approximate surface area is 98.2 Å². The smallest absolute Gasteiger partial charge is 0.178 e. The van der Waals surface area contributed by atoms with Crippen LogP contribution >= 0.6 is 0 Å². The van der Waals surface area contributed by atoms with E-state index in [-0.39, 0.29) is 5.82 Å². The van der Waals surface area contributed by atoms with Crippen LogP contribution in [0.2, 0.25) is 0 Å². The molecule has 1 saturated heterocycles.